The van der Waals surface area contributed by atoms with Gasteiger partial charge in [0.2, 0.25) is 5.91 Å². The number of benzene rings is 2. The first-order valence-electron chi connectivity index (χ1n) is 8.89. The normalized spacial score (nSPS) is 17.9. The Morgan fingerprint density at radius 2 is 2.11 bits per heavy atom. The van der Waals surface area contributed by atoms with Crippen molar-refractivity contribution in [1.82, 2.24) is 9.88 Å². The Morgan fingerprint density at radius 3 is 2.96 bits per heavy atom. The molecule has 1 fully saturated rings. The number of hydrogen-bond acceptors (Lipinski definition) is 4. The lowest BCUT2D eigenvalue weighted by molar-refractivity contribution is -0.121. The van der Waals surface area contributed by atoms with Gasteiger partial charge in [-0.1, -0.05) is 6.07 Å². The molecule has 4 nitrogen and oxygen atoms in total. The highest BCUT2D eigenvalue weighted by Gasteiger charge is 2.26. The van der Waals surface area contributed by atoms with Gasteiger partial charge in [0, 0.05) is 18.8 Å². The largest absolute Gasteiger partial charge is 0.326 e. The van der Waals surface area contributed by atoms with Gasteiger partial charge < -0.3 is 5.32 Å². The predicted octanol–water partition coefficient (Wildman–Crippen LogP) is 4.43. The fourth-order valence-electron chi connectivity index (χ4n) is 3.49. The predicted molar refractivity (Wildman–Crippen MR) is 103 cm³/mol. The quantitative estimate of drug-likeness (QED) is 0.721. The van der Waals surface area contributed by atoms with Crippen LogP contribution in [0.25, 0.3) is 10.2 Å². The molecule has 0 spiro atoms. The Labute approximate surface area is 159 Å². The summed E-state index contributed by atoms with van der Waals surface area (Å²) in [6, 6.07) is 9.69. The first kappa shape index (κ1) is 18.0. The van der Waals surface area contributed by atoms with Crippen LogP contribution in [0.1, 0.15) is 18.4 Å². The van der Waals surface area contributed by atoms with E-state index < -0.39 is 11.6 Å². The molecule has 1 aliphatic rings. The third-order valence-corrected chi connectivity index (χ3v) is 5.67. The number of halogens is 2. The standard InChI is InChI=1S/C20H19F2N3OS/c21-16-5-3-13(8-17(16)22)10-25-7-1-2-14(11-25)20(26)24-15-4-6-19-18(9-15)23-12-27-19/h3-6,8-9,12,14H,1-2,7,10-11H2,(H,24,26). The fraction of sp³-hybridized carbons (Fsp3) is 0.300. The van der Waals surface area contributed by atoms with Crippen LogP contribution in [0.3, 0.4) is 0 Å². The molecule has 27 heavy (non-hydrogen) atoms. The molecule has 4 rings (SSSR count). The monoisotopic (exact) mass is 387 g/mol. The minimum absolute atomic E-state index is 0.0143. The van der Waals surface area contributed by atoms with Crippen LogP contribution in [-0.2, 0) is 11.3 Å². The van der Waals surface area contributed by atoms with Gasteiger partial charge >= 0.3 is 0 Å². The molecule has 0 aliphatic carbocycles. The minimum Gasteiger partial charge on any atom is -0.326 e. The van der Waals surface area contributed by atoms with E-state index in [2.05, 4.69) is 15.2 Å². The van der Waals surface area contributed by atoms with Crippen molar-refractivity contribution in [1.29, 1.82) is 0 Å². The third kappa shape index (κ3) is 4.14. The van der Waals surface area contributed by atoms with Crippen molar-refractivity contribution in [3.05, 3.63) is 59.1 Å². The maximum absolute atomic E-state index is 13.4. The summed E-state index contributed by atoms with van der Waals surface area (Å²) in [4.78, 5) is 19.1. The van der Waals surface area contributed by atoms with Crippen molar-refractivity contribution in [3.8, 4) is 0 Å². The number of thiazole rings is 1. The van der Waals surface area contributed by atoms with Gasteiger partial charge in [-0.05, 0) is 55.3 Å². The van der Waals surface area contributed by atoms with Crippen LogP contribution in [0.15, 0.2) is 41.9 Å². The molecule has 2 heterocycles. The molecule has 3 aromatic rings. The van der Waals surface area contributed by atoms with Crippen LogP contribution >= 0.6 is 11.3 Å². The molecule has 2 aromatic carbocycles. The Bertz CT molecular complexity index is 975. The van der Waals surface area contributed by atoms with E-state index in [-0.39, 0.29) is 11.8 Å². The first-order chi connectivity index (χ1) is 13.1. The number of piperidine rings is 1. The lowest BCUT2D eigenvalue weighted by atomic mass is 9.96. The maximum Gasteiger partial charge on any atom is 0.228 e. The van der Waals surface area contributed by atoms with E-state index in [9.17, 15) is 13.6 Å². The third-order valence-electron chi connectivity index (χ3n) is 4.86. The number of carbonyl (C=O) groups excluding carboxylic acids is 1. The van der Waals surface area contributed by atoms with Gasteiger partial charge in [-0.3, -0.25) is 9.69 Å². The number of hydrogen-bond donors (Lipinski definition) is 1. The van der Waals surface area contributed by atoms with Crippen LogP contribution in [0.5, 0.6) is 0 Å². The molecule has 1 unspecified atom stereocenters. The summed E-state index contributed by atoms with van der Waals surface area (Å²) in [6.45, 7) is 1.95. The second-order valence-electron chi connectivity index (χ2n) is 6.85. The van der Waals surface area contributed by atoms with E-state index in [1.807, 2.05) is 18.2 Å². The highest BCUT2D eigenvalue weighted by molar-refractivity contribution is 7.16. The molecule has 1 amide bonds. The molecule has 1 atom stereocenters. The van der Waals surface area contributed by atoms with Crippen molar-refractivity contribution in [2.24, 2.45) is 5.92 Å². The Hall–Kier alpha value is -2.38. The van der Waals surface area contributed by atoms with Gasteiger partial charge in [-0.15, -0.1) is 11.3 Å². The molecular weight excluding hydrogens is 368 g/mol. The SMILES string of the molecule is O=C(Nc1ccc2scnc2c1)C1CCCN(Cc2ccc(F)c(F)c2)C1. The number of rotatable bonds is 4. The highest BCUT2D eigenvalue weighted by atomic mass is 32.1. The summed E-state index contributed by atoms with van der Waals surface area (Å²) < 4.78 is 27.6. The number of amides is 1. The van der Waals surface area contributed by atoms with E-state index in [4.69, 9.17) is 0 Å². The van der Waals surface area contributed by atoms with E-state index >= 15 is 0 Å². The summed E-state index contributed by atoms with van der Waals surface area (Å²) in [5.74, 6) is -1.82. The summed E-state index contributed by atoms with van der Waals surface area (Å²) in [5, 5.41) is 2.98. The summed E-state index contributed by atoms with van der Waals surface area (Å²) in [5.41, 5.74) is 4.12. The molecule has 0 radical (unpaired) electrons. The minimum atomic E-state index is -0.841. The van der Waals surface area contributed by atoms with Crippen LogP contribution in [0.4, 0.5) is 14.5 Å². The summed E-state index contributed by atoms with van der Waals surface area (Å²) in [6.07, 6.45) is 1.71. The number of fused-ring (bicyclic) bond motifs is 1. The zero-order valence-electron chi connectivity index (χ0n) is 14.6. The van der Waals surface area contributed by atoms with E-state index in [1.165, 1.54) is 6.07 Å². The number of likely N-dealkylation sites (tertiary alicyclic amines) is 1. The van der Waals surface area contributed by atoms with Crippen molar-refractivity contribution in [2.75, 3.05) is 18.4 Å². The first-order valence-corrected chi connectivity index (χ1v) is 9.77. The van der Waals surface area contributed by atoms with Gasteiger partial charge in [-0.2, -0.15) is 0 Å². The Morgan fingerprint density at radius 1 is 1.22 bits per heavy atom. The average molecular weight is 387 g/mol. The molecule has 1 N–H and O–H groups in total. The van der Waals surface area contributed by atoms with Gasteiger partial charge in [0.1, 0.15) is 0 Å². The van der Waals surface area contributed by atoms with Crippen molar-refractivity contribution in [3.63, 3.8) is 0 Å². The lowest BCUT2D eigenvalue weighted by Gasteiger charge is -2.32. The van der Waals surface area contributed by atoms with Gasteiger partial charge in [-0.25, -0.2) is 13.8 Å². The molecule has 0 saturated carbocycles. The zero-order valence-corrected chi connectivity index (χ0v) is 15.4. The topological polar surface area (TPSA) is 45.2 Å². The van der Waals surface area contributed by atoms with Gasteiger partial charge in [0.05, 0.1) is 21.6 Å². The molecule has 1 aromatic heterocycles. The summed E-state index contributed by atoms with van der Waals surface area (Å²) in [7, 11) is 0. The van der Waals surface area contributed by atoms with E-state index in [0.717, 1.165) is 41.4 Å². The number of aromatic nitrogens is 1. The zero-order chi connectivity index (χ0) is 18.8. The number of carbonyl (C=O) groups is 1. The van der Waals surface area contributed by atoms with Crippen molar-refractivity contribution in [2.45, 2.75) is 19.4 Å². The van der Waals surface area contributed by atoms with E-state index in [1.54, 1.807) is 22.9 Å². The van der Waals surface area contributed by atoms with E-state index in [0.29, 0.717) is 18.7 Å². The number of anilines is 1. The fourth-order valence-corrected chi connectivity index (χ4v) is 4.15. The molecule has 0 bridgehead atoms. The van der Waals surface area contributed by atoms with Crippen LogP contribution in [-0.4, -0.2) is 28.9 Å². The number of nitrogens with one attached hydrogen (secondary N) is 1. The van der Waals surface area contributed by atoms with Crippen LogP contribution in [0.2, 0.25) is 0 Å². The van der Waals surface area contributed by atoms with Gasteiger partial charge in [0.15, 0.2) is 11.6 Å². The average Bonchev–Trinajstić information content (AvgIpc) is 3.13. The Balaban J connectivity index is 1.39. The van der Waals surface area contributed by atoms with Crippen molar-refractivity contribution < 1.29 is 13.6 Å². The smallest absolute Gasteiger partial charge is 0.228 e. The maximum atomic E-state index is 13.4. The summed E-state index contributed by atoms with van der Waals surface area (Å²) >= 11 is 1.57. The second kappa shape index (κ2) is 7.70. The lowest BCUT2D eigenvalue weighted by Crippen LogP contribution is -2.40. The van der Waals surface area contributed by atoms with Crippen LogP contribution in [0, 0.1) is 17.6 Å². The second-order valence-corrected chi connectivity index (χ2v) is 7.73. The van der Waals surface area contributed by atoms with Gasteiger partial charge in [0.25, 0.3) is 0 Å². The highest BCUT2D eigenvalue weighted by Crippen LogP contribution is 2.24. The van der Waals surface area contributed by atoms with Crippen molar-refractivity contribution >= 4 is 33.1 Å². The molecule has 7 heteroatoms. The Kier molecular flexibility index (Phi) is 5.13. The van der Waals surface area contributed by atoms with Crippen LogP contribution < -0.4 is 5.32 Å². The molecular formula is C20H19F2N3OS. The number of nitrogens with zero attached hydrogens (tertiary/aromatic N) is 2. The molecule has 1 aliphatic heterocycles. The molecule has 140 valence electrons. The molecule has 1 saturated heterocycles.